The molecule has 0 aliphatic heterocycles. The van der Waals surface area contributed by atoms with E-state index in [4.69, 9.17) is 21.1 Å². The summed E-state index contributed by atoms with van der Waals surface area (Å²) in [5, 5.41) is 0.241. The minimum absolute atomic E-state index is 0.241. The Labute approximate surface area is 108 Å². The van der Waals surface area contributed by atoms with Crippen LogP contribution >= 0.6 is 11.6 Å². The van der Waals surface area contributed by atoms with Crippen molar-refractivity contribution in [2.45, 2.75) is 32.3 Å². The first kappa shape index (κ1) is 14.6. The largest absolute Gasteiger partial charge is 0.356 e. The maximum Gasteiger partial charge on any atom is 0.222 e. The Morgan fingerprint density at radius 3 is 2.71 bits per heavy atom. The molecular weight excluding hydrogens is 256 g/mol. The maximum absolute atomic E-state index is 5.65. The van der Waals surface area contributed by atoms with E-state index >= 15 is 0 Å². The lowest BCUT2D eigenvalue weighted by atomic mass is 10.4. The first-order valence-corrected chi connectivity index (χ1v) is 9.69. The molecule has 0 aromatic carbocycles. The second-order valence-electron chi connectivity index (χ2n) is 5.00. The third-order valence-electron chi connectivity index (χ3n) is 2.10. The zero-order valence-corrected chi connectivity index (χ0v) is 12.3. The lowest BCUT2D eigenvalue weighted by Crippen LogP contribution is -2.22. The van der Waals surface area contributed by atoms with Crippen LogP contribution in [-0.2, 0) is 16.1 Å². The number of nitrogens with zero attached hydrogens (tertiary/aromatic N) is 2. The summed E-state index contributed by atoms with van der Waals surface area (Å²) in [6, 6.07) is 2.92. The summed E-state index contributed by atoms with van der Waals surface area (Å²) >= 11 is 5.65. The van der Waals surface area contributed by atoms with Gasteiger partial charge in [-0.15, -0.1) is 0 Å². The van der Waals surface area contributed by atoms with E-state index in [1.807, 2.05) is 0 Å². The molecule has 0 radical (unpaired) electrons. The zero-order valence-electron chi connectivity index (χ0n) is 10.6. The molecule has 0 amide bonds. The fourth-order valence-corrected chi connectivity index (χ4v) is 2.01. The minimum atomic E-state index is -1.01. The Kier molecular flexibility index (Phi) is 6.05. The van der Waals surface area contributed by atoms with Crippen molar-refractivity contribution in [2.75, 3.05) is 13.4 Å². The van der Waals surface area contributed by atoms with Crippen molar-refractivity contribution < 1.29 is 9.47 Å². The molecule has 0 aliphatic rings. The van der Waals surface area contributed by atoms with Gasteiger partial charge < -0.3 is 9.47 Å². The highest BCUT2D eigenvalue weighted by Gasteiger charge is 2.11. The number of aromatic nitrogens is 2. The third kappa shape index (κ3) is 7.43. The smallest absolute Gasteiger partial charge is 0.222 e. The van der Waals surface area contributed by atoms with E-state index in [1.54, 1.807) is 12.3 Å². The van der Waals surface area contributed by atoms with Crippen LogP contribution in [0.15, 0.2) is 12.3 Å². The molecule has 0 atom stereocenters. The van der Waals surface area contributed by atoms with E-state index in [9.17, 15) is 0 Å². The van der Waals surface area contributed by atoms with Gasteiger partial charge >= 0.3 is 0 Å². The van der Waals surface area contributed by atoms with E-state index in [0.717, 1.165) is 18.3 Å². The summed E-state index contributed by atoms with van der Waals surface area (Å²) in [5.74, 6) is 0. The molecule has 0 unspecified atom stereocenters. The van der Waals surface area contributed by atoms with E-state index in [0.29, 0.717) is 13.4 Å². The molecule has 17 heavy (non-hydrogen) atoms. The minimum Gasteiger partial charge on any atom is -0.356 e. The molecular formula is C11H19ClN2O2Si. The molecule has 0 spiro atoms. The number of halogens is 1. The van der Waals surface area contributed by atoms with Crippen LogP contribution in [0.2, 0.25) is 31.0 Å². The molecule has 1 aromatic heterocycles. The van der Waals surface area contributed by atoms with Gasteiger partial charge in [0.1, 0.15) is 6.79 Å². The average Bonchev–Trinajstić information content (AvgIpc) is 2.22. The predicted molar refractivity (Wildman–Crippen MR) is 70.8 cm³/mol. The number of hydrogen-bond acceptors (Lipinski definition) is 4. The molecule has 0 bridgehead atoms. The van der Waals surface area contributed by atoms with Crippen molar-refractivity contribution in [1.29, 1.82) is 0 Å². The van der Waals surface area contributed by atoms with E-state index in [2.05, 4.69) is 29.6 Å². The first-order chi connectivity index (χ1) is 7.97. The second kappa shape index (κ2) is 7.06. The van der Waals surface area contributed by atoms with Gasteiger partial charge in [0.05, 0.1) is 12.3 Å². The summed E-state index contributed by atoms with van der Waals surface area (Å²) in [4.78, 5) is 7.81. The van der Waals surface area contributed by atoms with Gasteiger partial charge in [-0.3, -0.25) is 0 Å². The van der Waals surface area contributed by atoms with Gasteiger partial charge in [-0.25, -0.2) is 9.97 Å². The summed E-state index contributed by atoms with van der Waals surface area (Å²) < 4.78 is 10.7. The molecule has 1 heterocycles. The molecule has 0 N–H and O–H groups in total. The molecule has 0 saturated heterocycles. The van der Waals surface area contributed by atoms with Crippen molar-refractivity contribution in [3.8, 4) is 0 Å². The molecule has 0 aliphatic carbocycles. The van der Waals surface area contributed by atoms with Crippen LogP contribution in [-0.4, -0.2) is 31.4 Å². The Morgan fingerprint density at radius 1 is 1.29 bits per heavy atom. The van der Waals surface area contributed by atoms with Crippen LogP contribution in [0.5, 0.6) is 0 Å². The third-order valence-corrected chi connectivity index (χ3v) is 3.98. The van der Waals surface area contributed by atoms with Gasteiger partial charge in [-0.1, -0.05) is 19.6 Å². The van der Waals surface area contributed by atoms with E-state index in [-0.39, 0.29) is 5.28 Å². The Hall–Kier alpha value is -0.493. The Bertz CT molecular complexity index is 344. The highest BCUT2D eigenvalue weighted by molar-refractivity contribution is 6.76. The summed E-state index contributed by atoms with van der Waals surface area (Å²) in [7, 11) is -1.01. The SMILES string of the molecule is C[Si](C)(C)CCOCOCc1ccnc(Cl)n1. The highest BCUT2D eigenvalue weighted by Crippen LogP contribution is 2.07. The molecule has 0 fully saturated rings. The van der Waals surface area contributed by atoms with Gasteiger partial charge in [0.15, 0.2) is 0 Å². The second-order valence-corrected chi connectivity index (χ2v) is 11.0. The zero-order chi connectivity index (χ0) is 12.7. The fraction of sp³-hybridized carbons (Fsp3) is 0.636. The first-order valence-electron chi connectivity index (χ1n) is 5.60. The number of ether oxygens (including phenoxy) is 2. The quantitative estimate of drug-likeness (QED) is 0.332. The normalized spacial score (nSPS) is 11.8. The molecule has 6 heteroatoms. The van der Waals surface area contributed by atoms with Crippen molar-refractivity contribution in [3.05, 3.63) is 23.2 Å². The fourth-order valence-electron chi connectivity index (χ4n) is 1.09. The Morgan fingerprint density at radius 2 is 2.06 bits per heavy atom. The molecule has 1 rings (SSSR count). The predicted octanol–water partition coefficient (Wildman–Crippen LogP) is 2.96. The van der Waals surface area contributed by atoms with Gasteiger partial charge in [-0.05, 0) is 23.7 Å². The molecule has 96 valence electrons. The van der Waals surface area contributed by atoms with E-state index in [1.165, 1.54) is 0 Å². The van der Waals surface area contributed by atoms with Gasteiger partial charge in [0.25, 0.3) is 0 Å². The monoisotopic (exact) mass is 274 g/mol. The number of hydrogen-bond donors (Lipinski definition) is 0. The van der Waals surface area contributed by atoms with Crippen LogP contribution < -0.4 is 0 Å². The Balaban J connectivity index is 2.09. The standard InChI is InChI=1S/C11H19ClN2O2Si/c1-17(2,3)7-6-15-9-16-8-10-4-5-13-11(12)14-10/h4-5H,6-9H2,1-3H3. The van der Waals surface area contributed by atoms with Crippen LogP contribution in [0.3, 0.4) is 0 Å². The van der Waals surface area contributed by atoms with Crippen molar-refractivity contribution >= 4 is 19.7 Å². The number of rotatable bonds is 7. The average molecular weight is 275 g/mol. The highest BCUT2D eigenvalue weighted by atomic mass is 35.5. The van der Waals surface area contributed by atoms with Gasteiger partial charge in [0, 0.05) is 20.9 Å². The molecule has 4 nitrogen and oxygen atoms in total. The summed E-state index contributed by atoms with van der Waals surface area (Å²) in [6.07, 6.45) is 1.61. The van der Waals surface area contributed by atoms with Crippen LogP contribution in [0, 0.1) is 0 Å². The lowest BCUT2D eigenvalue weighted by Gasteiger charge is -2.15. The van der Waals surface area contributed by atoms with Crippen molar-refractivity contribution in [2.24, 2.45) is 0 Å². The van der Waals surface area contributed by atoms with Crippen LogP contribution in [0.4, 0.5) is 0 Å². The molecule has 1 aromatic rings. The van der Waals surface area contributed by atoms with E-state index < -0.39 is 8.07 Å². The van der Waals surface area contributed by atoms with Crippen molar-refractivity contribution in [3.63, 3.8) is 0 Å². The van der Waals surface area contributed by atoms with Crippen LogP contribution in [0.1, 0.15) is 5.69 Å². The van der Waals surface area contributed by atoms with Crippen molar-refractivity contribution in [1.82, 2.24) is 9.97 Å². The lowest BCUT2D eigenvalue weighted by molar-refractivity contribution is -0.0582. The summed E-state index contributed by atoms with van der Waals surface area (Å²) in [6.45, 7) is 8.42. The summed E-state index contributed by atoms with van der Waals surface area (Å²) in [5.41, 5.74) is 0.763. The maximum atomic E-state index is 5.65. The van der Waals surface area contributed by atoms with Crippen LogP contribution in [0.25, 0.3) is 0 Å². The molecule has 0 saturated carbocycles. The van der Waals surface area contributed by atoms with Gasteiger partial charge in [-0.2, -0.15) is 0 Å². The topological polar surface area (TPSA) is 44.2 Å². The van der Waals surface area contributed by atoms with Gasteiger partial charge in [0.2, 0.25) is 5.28 Å².